The molecule has 3 nitrogen and oxygen atoms in total. The summed E-state index contributed by atoms with van der Waals surface area (Å²) in [7, 11) is 0. The van der Waals surface area contributed by atoms with Gasteiger partial charge in [-0.15, -0.1) is 0 Å². The van der Waals surface area contributed by atoms with Gasteiger partial charge < -0.3 is 14.6 Å². The van der Waals surface area contributed by atoms with Crippen molar-refractivity contribution >= 4 is 15.9 Å². The second kappa shape index (κ2) is 4.13. The van der Waals surface area contributed by atoms with Gasteiger partial charge in [-0.1, -0.05) is 0 Å². The third-order valence-electron chi connectivity index (χ3n) is 3.77. The summed E-state index contributed by atoms with van der Waals surface area (Å²) in [5.41, 5.74) is 2.18. The third kappa shape index (κ3) is 1.96. The summed E-state index contributed by atoms with van der Waals surface area (Å²) in [6, 6.07) is 0. The summed E-state index contributed by atoms with van der Waals surface area (Å²) in [5, 5.41) is 10.5. The maximum absolute atomic E-state index is 10.5. The van der Waals surface area contributed by atoms with E-state index in [4.69, 9.17) is 9.47 Å². The molecular weight excluding hydrogens is 308 g/mol. The molecule has 0 saturated carbocycles. The molecule has 4 heteroatoms. The first-order valence-electron chi connectivity index (χ1n) is 6.72. The number of ether oxygens (including phenoxy) is 2. The van der Waals surface area contributed by atoms with Crippen LogP contribution in [0.5, 0.6) is 11.5 Å². The number of benzene rings is 1. The van der Waals surface area contributed by atoms with Crippen LogP contribution in [0.15, 0.2) is 4.47 Å². The molecule has 0 fully saturated rings. The first-order chi connectivity index (χ1) is 8.79. The highest BCUT2D eigenvalue weighted by molar-refractivity contribution is 9.10. The van der Waals surface area contributed by atoms with Gasteiger partial charge in [-0.2, -0.15) is 0 Å². The van der Waals surface area contributed by atoms with Crippen LogP contribution in [0.1, 0.15) is 44.4 Å². The van der Waals surface area contributed by atoms with Gasteiger partial charge in [0.05, 0.1) is 10.1 Å². The Morgan fingerprint density at radius 2 is 1.58 bits per heavy atom. The van der Waals surface area contributed by atoms with E-state index in [9.17, 15) is 5.11 Å². The van der Waals surface area contributed by atoms with Gasteiger partial charge in [0.15, 0.2) is 0 Å². The van der Waals surface area contributed by atoms with Crippen molar-refractivity contribution in [3.05, 3.63) is 21.2 Å². The monoisotopic (exact) mass is 326 g/mol. The van der Waals surface area contributed by atoms with Gasteiger partial charge in [0.1, 0.15) is 23.7 Å². The van der Waals surface area contributed by atoms with Crippen LogP contribution in [0, 0.1) is 0 Å². The molecule has 2 aliphatic rings. The molecule has 0 amide bonds. The lowest BCUT2D eigenvalue weighted by Gasteiger charge is -2.24. The molecule has 0 spiro atoms. The average Bonchev–Trinajstić information content (AvgIpc) is 2.80. The number of hydrogen-bond acceptors (Lipinski definition) is 3. The second-order valence-electron chi connectivity index (χ2n) is 6.13. The van der Waals surface area contributed by atoms with Gasteiger partial charge in [0.2, 0.25) is 0 Å². The standard InChI is InChI=1S/C15H19BrO3/c1-7-5-9-11(15(3,4)17)13-10(6-8(2)18-13)12(16)14(9)19-7/h7-8,17H,5-6H2,1-4H3. The van der Waals surface area contributed by atoms with Crippen LogP contribution >= 0.6 is 15.9 Å². The van der Waals surface area contributed by atoms with E-state index in [1.54, 1.807) is 0 Å². The summed E-state index contributed by atoms with van der Waals surface area (Å²) in [5.74, 6) is 1.74. The highest BCUT2D eigenvalue weighted by Crippen LogP contribution is 2.52. The van der Waals surface area contributed by atoms with Crippen molar-refractivity contribution in [1.29, 1.82) is 0 Å². The lowest BCUT2D eigenvalue weighted by Crippen LogP contribution is -2.20. The van der Waals surface area contributed by atoms with E-state index in [0.29, 0.717) is 0 Å². The Labute approximate surface area is 122 Å². The Morgan fingerprint density at radius 1 is 1.05 bits per heavy atom. The molecule has 0 saturated heterocycles. The Hall–Kier alpha value is -0.740. The minimum atomic E-state index is -0.924. The van der Waals surface area contributed by atoms with E-state index >= 15 is 0 Å². The van der Waals surface area contributed by atoms with Crippen molar-refractivity contribution in [1.82, 2.24) is 0 Å². The van der Waals surface area contributed by atoms with Crippen LogP contribution in [-0.4, -0.2) is 17.3 Å². The van der Waals surface area contributed by atoms with Crippen molar-refractivity contribution < 1.29 is 14.6 Å². The quantitative estimate of drug-likeness (QED) is 0.860. The molecule has 2 aliphatic heterocycles. The van der Waals surface area contributed by atoms with Crippen LogP contribution in [0.2, 0.25) is 0 Å². The number of aliphatic hydroxyl groups is 1. The molecule has 19 heavy (non-hydrogen) atoms. The van der Waals surface area contributed by atoms with E-state index in [-0.39, 0.29) is 12.2 Å². The van der Waals surface area contributed by atoms with Crippen LogP contribution < -0.4 is 9.47 Å². The maximum atomic E-state index is 10.5. The smallest absolute Gasteiger partial charge is 0.138 e. The minimum absolute atomic E-state index is 0.146. The zero-order chi connectivity index (χ0) is 13.9. The van der Waals surface area contributed by atoms with E-state index in [1.807, 2.05) is 13.8 Å². The molecule has 3 rings (SSSR count). The fraction of sp³-hybridized carbons (Fsp3) is 0.600. The van der Waals surface area contributed by atoms with Crippen LogP contribution in [0.3, 0.4) is 0 Å². The van der Waals surface area contributed by atoms with Crippen molar-refractivity contribution in [2.24, 2.45) is 0 Å². The predicted molar refractivity (Wildman–Crippen MR) is 77.0 cm³/mol. The van der Waals surface area contributed by atoms with E-state index < -0.39 is 5.60 Å². The highest BCUT2D eigenvalue weighted by Gasteiger charge is 2.39. The first kappa shape index (κ1) is 13.3. The van der Waals surface area contributed by atoms with Gasteiger partial charge in [0, 0.05) is 29.5 Å². The zero-order valence-corrected chi connectivity index (χ0v) is 13.3. The van der Waals surface area contributed by atoms with Crippen LogP contribution in [0.25, 0.3) is 0 Å². The molecule has 1 N–H and O–H groups in total. The summed E-state index contributed by atoms with van der Waals surface area (Å²) in [6.07, 6.45) is 1.96. The Kier molecular flexibility index (Phi) is 2.88. The molecule has 104 valence electrons. The van der Waals surface area contributed by atoms with Gasteiger partial charge in [0.25, 0.3) is 0 Å². The molecular formula is C15H19BrO3. The largest absolute Gasteiger partial charge is 0.490 e. The fourth-order valence-corrected chi connectivity index (χ4v) is 3.78. The fourth-order valence-electron chi connectivity index (χ4n) is 3.11. The first-order valence-corrected chi connectivity index (χ1v) is 7.51. The summed E-state index contributed by atoms with van der Waals surface area (Å²) >= 11 is 3.65. The number of fused-ring (bicyclic) bond motifs is 2. The van der Waals surface area contributed by atoms with E-state index in [0.717, 1.165) is 45.5 Å². The molecule has 1 aromatic carbocycles. The van der Waals surface area contributed by atoms with E-state index in [1.165, 1.54) is 0 Å². The Bertz CT molecular complexity index is 506. The molecule has 2 atom stereocenters. The van der Waals surface area contributed by atoms with Gasteiger partial charge >= 0.3 is 0 Å². The van der Waals surface area contributed by atoms with Crippen molar-refractivity contribution in [3.63, 3.8) is 0 Å². The maximum Gasteiger partial charge on any atom is 0.138 e. The normalized spacial score (nSPS) is 24.7. The highest BCUT2D eigenvalue weighted by atomic mass is 79.9. The molecule has 0 radical (unpaired) electrons. The molecule has 0 aromatic heterocycles. The number of hydrogen-bond donors (Lipinski definition) is 1. The van der Waals surface area contributed by atoms with Crippen LogP contribution in [0.4, 0.5) is 0 Å². The molecule has 2 unspecified atom stereocenters. The topological polar surface area (TPSA) is 38.7 Å². The summed E-state index contributed by atoms with van der Waals surface area (Å²) < 4.78 is 12.9. The van der Waals surface area contributed by atoms with Gasteiger partial charge in [-0.05, 0) is 43.6 Å². The van der Waals surface area contributed by atoms with Crippen LogP contribution in [-0.2, 0) is 18.4 Å². The Morgan fingerprint density at radius 3 is 2.16 bits per heavy atom. The van der Waals surface area contributed by atoms with Gasteiger partial charge in [-0.25, -0.2) is 0 Å². The average molecular weight is 327 g/mol. The minimum Gasteiger partial charge on any atom is -0.490 e. The molecule has 1 aromatic rings. The predicted octanol–water partition coefficient (Wildman–Crippen LogP) is 3.32. The van der Waals surface area contributed by atoms with E-state index in [2.05, 4.69) is 29.8 Å². The zero-order valence-electron chi connectivity index (χ0n) is 11.7. The Balaban J connectivity index is 2.30. The lowest BCUT2D eigenvalue weighted by molar-refractivity contribution is 0.0733. The summed E-state index contributed by atoms with van der Waals surface area (Å²) in [6.45, 7) is 7.72. The molecule has 0 aliphatic carbocycles. The lowest BCUT2D eigenvalue weighted by atomic mass is 9.88. The van der Waals surface area contributed by atoms with Crippen molar-refractivity contribution in [3.8, 4) is 11.5 Å². The summed E-state index contributed by atoms with van der Waals surface area (Å²) in [4.78, 5) is 0. The third-order valence-corrected chi connectivity index (χ3v) is 4.61. The number of halogens is 1. The van der Waals surface area contributed by atoms with Gasteiger partial charge in [-0.3, -0.25) is 0 Å². The molecule has 2 heterocycles. The van der Waals surface area contributed by atoms with Crippen molar-refractivity contribution in [2.45, 2.75) is 58.3 Å². The second-order valence-corrected chi connectivity index (χ2v) is 6.92. The molecule has 0 bridgehead atoms. The SMILES string of the molecule is CC1Cc2c(c(Br)c3c(c2C(C)(C)O)OC(C)C3)O1. The number of rotatable bonds is 1. The van der Waals surface area contributed by atoms with Crippen molar-refractivity contribution in [2.75, 3.05) is 0 Å².